The molecule has 6 atom stereocenters. The molecule has 0 aromatic rings. The smallest absolute Gasteiger partial charge is 0.397 e. The van der Waals surface area contributed by atoms with Crippen LogP contribution in [0.15, 0.2) is 72.9 Å². The molecule has 0 radical (unpaired) electrons. The van der Waals surface area contributed by atoms with Gasteiger partial charge in [-0.1, -0.05) is 189 Å². The van der Waals surface area contributed by atoms with E-state index in [9.17, 15) is 33.1 Å². The molecule has 1 aliphatic rings. The molecule has 1 fully saturated rings. The number of hydrogen-bond acceptors (Lipinski definition) is 11. The second kappa shape index (κ2) is 45.7. The van der Waals surface area contributed by atoms with Crippen molar-refractivity contribution in [1.29, 1.82) is 0 Å². The molecular formula is C55H96O12S. The molecule has 4 N–H and O–H groups in total. The third kappa shape index (κ3) is 38.3. The molecule has 13 heteroatoms. The van der Waals surface area contributed by atoms with E-state index >= 15 is 0 Å². The second-order valence-corrected chi connectivity index (χ2v) is 19.1. The fraction of sp³-hybridized carbons (Fsp3) is 0.764. The van der Waals surface area contributed by atoms with Gasteiger partial charge in [-0.3, -0.25) is 9.35 Å². The van der Waals surface area contributed by atoms with Crippen molar-refractivity contribution in [3.8, 4) is 0 Å². The van der Waals surface area contributed by atoms with Crippen LogP contribution in [-0.4, -0.2) is 97.5 Å². The highest BCUT2D eigenvalue weighted by Crippen LogP contribution is 2.26. The van der Waals surface area contributed by atoms with Gasteiger partial charge < -0.3 is 34.3 Å². The Morgan fingerprint density at radius 2 is 1.01 bits per heavy atom. The fourth-order valence-corrected chi connectivity index (χ4v) is 8.32. The Bertz CT molecular complexity index is 1460. The van der Waals surface area contributed by atoms with Crippen molar-refractivity contribution in [1.82, 2.24) is 0 Å². The van der Waals surface area contributed by atoms with Gasteiger partial charge in [0.25, 0.3) is 0 Å². The van der Waals surface area contributed by atoms with Crippen molar-refractivity contribution in [2.75, 3.05) is 26.4 Å². The molecule has 12 nitrogen and oxygen atoms in total. The van der Waals surface area contributed by atoms with E-state index in [1.54, 1.807) is 0 Å². The van der Waals surface area contributed by atoms with Crippen molar-refractivity contribution >= 4 is 16.4 Å². The van der Waals surface area contributed by atoms with E-state index in [2.05, 4.69) is 90.9 Å². The summed E-state index contributed by atoms with van der Waals surface area (Å²) in [4.78, 5) is 12.9. The molecule has 6 unspecified atom stereocenters. The molecule has 0 aliphatic carbocycles. The zero-order valence-electron chi connectivity index (χ0n) is 42.4. The summed E-state index contributed by atoms with van der Waals surface area (Å²) in [6.07, 6.45) is 50.8. The van der Waals surface area contributed by atoms with Gasteiger partial charge >= 0.3 is 16.4 Å². The van der Waals surface area contributed by atoms with Gasteiger partial charge in [0, 0.05) is 13.0 Å². The molecule has 68 heavy (non-hydrogen) atoms. The van der Waals surface area contributed by atoms with Crippen molar-refractivity contribution in [3.63, 3.8) is 0 Å². The van der Waals surface area contributed by atoms with Crippen LogP contribution in [0.25, 0.3) is 0 Å². The quantitative estimate of drug-likeness (QED) is 0.0197. The van der Waals surface area contributed by atoms with E-state index < -0.39 is 59.8 Å². The zero-order chi connectivity index (χ0) is 49.6. The first-order chi connectivity index (χ1) is 33.1. The number of allylic oxidation sites excluding steroid dienone is 12. The van der Waals surface area contributed by atoms with Crippen molar-refractivity contribution in [3.05, 3.63) is 72.9 Å². The van der Waals surface area contributed by atoms with Gasteiger partial charge in [0.2, 0.25) is 0 Å². The minimum Gasteiger partial charge on any atom is -0.457 e. The van der Waals surface area contributed by atoms with Crippen molar-refractivity contribution < 1.29 is 56.2 Å². The fourth-order valence-electron chi connectivity index (χ4n) is 7.81. The lowest BCUT2D eigenvalue weighted by atomic mass is 9.99. The zero-order valence-corrected chi connectivity index (χ0v) is 43.2. The topological polar surface area (TPSA) is 178 Å². The predicted molar refractivity (Wildman–Crippen MR) is 276 cm³/mol. The van der Waals surface area contributed by atoms with Gasteiger partial charge in [0.1, 0.15) is 30.5 Å². The Balaban J connectivity index is 2.33. The lowest BCUT2D eigenvalue weighted by Crippen LogP contribution is -2.60. The minimum absolute atomic E-state index is 0.0116. The van der Waals surface area contributed by atoms with E-state index in [1.807, 2.05) is 0 Å². The first kappa shape index (κ1) is 63.6. The second-order valence-electron chi connectivity index (χ2n) is 18.1. The van der Waals surface area contributed by atoms with E-state index in [-0.39, 0.29) is 19.6 Å². The molecule has 0 spiro atoms. The van der Waals surface area contributed by atoms with Crippen LogP contribution >= 0.6 is 0 Å². The average molecular weight is 981 g/mol. The molecule has 1 saturated heterocycles. The summed E-state index contributed by atoms with van der Waals surface area (Å²) in [5.74, 6) is -0.413. The van der Waals surface area contributed by atoms with E-state index in [0.717, 1.165) is 77.0 Å². The first-order valence-electron chi connectivity index (χ1n) is 26.7. The summed E-state index contributed by atoms with van der Waals surface area (Å²) >= 11 is 0. The standard InChI is InChI=1S/C55H96O12S/c1-3-5-7-9-11-13-15-17-19-21-22-23-24-25-26-27-28-29-30-32-34-36-38-40-42-44-51(57)65-49(48-64-55-53(59)54(67-68(60,61)62)52(58)50(46-56)66-55)47-63-45-43-41-39-37-35-33-31-20-18-16-14-12-10-8-6-4-2/h6,8,12,14-15,17-18,20-22,33,35,49-50,52-56,58-59H,3-5,7,9-11,13,16,19,23-32,34,36-48H2,1-2H3,(H,60,61,62)/b8-6-,14-12-,17-15-,20-18-,22-21-,35-33-. The maximum atomic E-state index is 12.9. The number of esters is 1. The molecule has 0 saturated carbocycles. The highest BCUT2D eigenvalue weighted by atomic mass is 32.3. The SMILES string of the molecule is CC/C=C\C/C=C\C/C=C\C/C=C\CCCCCOCC(COC1OC(CO)C(O)C(OS(=O)(=O)O)C1O)OC(=O)CCCCCCCCCCCCCCC/C=C\C/C=C\CCCCCCC. The summed E-state index contributed by atoms with van der Waals surface area (Å²) in [6.45, 7) is 3.80. The van der Waals surface area contributed by atoms with Crippen LogP contribution in [-0.2, 0) is 38.3 Å². The van der Waals surface area contributed by atoms with Crippen LogP contribution in [0.1, 0.15) is 206 Å². The monoisotopic (exact) mass is 981 g/mol. The van der Waals surface area contributed by atoms with E-state index in [4.69, 9.17) is 18.9 Å². The first-order valence-corrected chi connectivity index (χ1v) is 28.1. The Morgan fingerprint density at radius 1 is 0.574 bits per heavy atom. The van der Waals surface area contributed by atoms with Crippen molar-refractivity contribution in [2.45, 2.75) is 243 Å². The number of hydrogen-bond donors (Lipinski definition) is 4. The Labute approximate surface area is 413 Å². The average Bonchev–Trinajstić information content (AvgIpc) is 3.31. The Morgan fingerprint density at radius 3 is 1.49 bits per heavy atom. The molecule has 1 aliphatic heterocycles. The molecule has 1 heterocycles. The van der Waals surface area contributed by atoms with E-state index in [0.29, 0.717) is 13.0 Å². The van der Waals surface area contributed by atoms with Crippen LogP contribution in [0.5, 0.6) is 0 Å². The molecule has 0 bridgehead atoms. The molecule has 1 rings (SSSR count). The number of rotatable bonds is 46. The summed E-state index contributed by atoms with van der Waals surface area (Å²) in [7, 11) is -5.07. The number of carbonyl (C=O) groups is 1. The Hall–Kier alpha value is -2.46. The minimum atomic E-state index is -5.07. The highest BCUT2D eigenvalue weighted by molar-refractivity contribution is 7.80. The van der Waals surface area contributed by atoms with Crippen LogP contribution in [0.2, 0.25) is 0 Å². The molecule has 0 aromatic carbocycles. The number of aliphatic hydroxyl groups is 3. The summed E-state index contributed by atoms with van der Waals surface area (Å²) < 4.78 is 59.2. The third-order valence-electron chi connectivity index (χ3n) is 11.8. The summed E-state index contributed by atoms with van der Waals surface area (Å²) in [5.41, 5.74) is 0. The molecule has 394 valence electrons. The Kier molecular flexibility index (Phi) is 42.7. The van der Waals surface area contributed by atoms with Gasteiger partial charge in [-0.25, -0.2) is 4.18 Å². The molecular weight excluding hydrogens is 885 g/mol. The normalized spacial score (nSPS) is 19.9. The largest absolute Gasteiger partial charge is 0.457 e. The lowest BCUT2D eigenvalue weighted by Gasteiger charge is -2.41. The highest BCUT2D eigenvalue weighted by Gasteiger charge is 2.48. The van der Waals surface area contributed by atoms with Gasteiger partial charge in [0.05, 0.1) is 19.8 Å². The number of carbonyl (C=O) groups excluding carboxylic acids is 1. The number of unbranched alkanes of at least 4 members (excludes halogenated alkanes) is 21. The van der Waals surface area contributed by atoms with E-state index in [1.165, 1.54) is 103 Å². The van der Waals surface area contributed by atoms with Gasteiger partial charge in [0.15, 0.2) is 6.29 Å². The van der Waals surface area contributed by atoms with Crippen LogP contribution in [0, 0.1) is 0 Å². The maximum Gasteiger partial charge on any atom is 0.397 e. The summed E-state index contributed by atoms with van der Waals surface area (Å²) in [5, 5.41) is 30.8. The number of ether oxygens (including phenoxy) is 4. The molecule has 0 aromatic heterocycles. The van der Waals surface area contributed by atoms with Gasteiger partial charge in [-0.05, 0) is 83.5 Å². The maximum absolute atomic E-state index is 12.9. The number of aliphatic hydroxyl groups excluding tert-OH is 3. The third-order valence-corrected chi connectivity index (χ3v) is 12.3. The predicted octanol–water partition coefficient (Wildman–Crippen LogP) is 12.6. The van der Waals surface area contributed by atoms with Crippen LogP contribution in [0.4, 0.5) is 0 Å². The lowest BCUT2D eigenvalue weighted by molar-refractivity contribution is -0.301. The summed E-state index contributed by atoms with van der Waals surface area (Å²) in [6, 6.07) is 0. The van der Waals surface area contributed by atoms with Crippen LogP contribution in [0.3, 0.4) is 0 Å². The van der Waals surface area contributed by atoms with Gasteiger partial charge in [-0.15, -0.1) is 0 Å². The van der Waals surface area contributed by atoms with Crippen molar-refractivity contribution in [2.24, 2.45) is 0 Å². The van der Waals surface area contributed by atoms with Crippen LogP contribution < -0.4 is 0 Å². The molecule has 0 amide bonds. The van der Waals surface area contributed by atoms with Gasteiger partial charge in [-0.2, -0.15) is 8.42 Å².